The van der Waals surface area contributed by atoms with Crippen LogP contribution in [0.2, 0.25) is 0 Å². The lowest BCUT2D eigenvalue weighted by atomic mass is 10.1. The number of carbonyl (C=O) groups excluding carboxylic acids is 6. The Hall–Kier alpha value is -6.90. The van der Waals surface area contributed by atoms with Crippen LogP contribution in [0.25, 0.3) is 18.2 Å². The van der Waals surface area contributed by atoms with Gasteiger partial charge in [0.25, 0.3) is 0 Å². The van der Waals surface area contributed by atoms with Crippen molar-refractivity contribution in [1.82, 2.24) is 0 Å². The predicted octanol–water partition coefficient (Wildman–Crippen LogP) is 10.8. The third kappa shape index (κ3) is 29.3. The number of hydrogen-bond donors (Lipinski definition) is 0. The normalized spacial score (nSPS) is 11.2. The molecule has 3 aromatic rings. The predicted molar refractivity (Wildman–Crippen MR) is 274 cm³/mol. The van der Waals surface area contributed by atoms with Crippen LogP contribution in [0.5, 0.6) is 17.2 Å². The molecule has 0 bridgehead atoms. The second-order valence-electron chi connectivity index (χ2n) is 16.5. The molecule has 0 radical (unpaired) electrons. The van der Waals surface area contributed by atoms with Crippen molar-refractivity contribution in [3.8, 4) is 17.2 Å². The number of carbonyl (C=O) groups is 6. The second-order valence-corrected chi connectivity index (χ2v) is 16.5. The highest BCUT2D eigenvalue weighted by Crippen LogP contribution is 2.18. The van der Waals surface area contributed by atoms with Crippen LogP contribution in [0.4, 0.5) is 0 Å². The quantitative estimate of drug-likeness (QED) is 0.0228. The molecule has 3 aromatic carbocycles. The SMILES string of the molecule is CCOC(=O)/C=C/c1ccc(OCCCCCCC(=O)OCC(COC(=O)CCCCCCOc2ccc(/C=C/C(=O)OCC)cc2)OC(=O)CCCCCCOc2ccc(/C=C/C(=O)OCC)cc2)cc1. The van der Waals surface area contributed by atoms with E-state index in [0.29, 0.717) is 64.7 Å². The highest BCUT2D eigenvalue weighted by atomic mass is 16.6. The highest BCUT2D eigenvalue weighted by molar-refractivity contribution is 5.88. The van der Waals surface area contributed by atoms with Gasteiger partial charge in [-0.25, -0.2) is 14.4 Å². The van der Waals surface area contributed by atoms with E-state index in [4.69, 9.17) is 42.6 Å². The van der Waals surface area contributed by atoms with Crippen LogP contribution in [0.3, 0.4) is 0 Å². The van der Waals surface area contributed by atoms with Crippen molar-refractivity contribution in [2.45, 2.75) is 123 Å². The summed E-state index contributed by atoms with van der Waals surface area (Å²) in [5.74, 6) is -0.329. The van der Waals surface area contributed by atoms with Gasteiger partial charge in [-0.2, -0.15) is 0 Å². The van der Waals surface area contributed by atoms with Gasteiger partial charge >= 0.3 is 35.8 Å². The van der Waals surface area contributed by atoms with Crippen LogP contribution in [0.1, 0.15) is 134 Å². The molecule has 0 N–H and O–H groups in total. The Bertz CT molecular complexity index is 2010. The Balaban J connectivity index is 1.34. The fourth-order valence-corrected chi connectivity index (χ4v) is 6.71. The van der Waals surface area contributed by atoms with Gasteiger partial charge in [-0.3, -0.25) is 14.4 Å². The summed E-state index contributed by atoms with van der Waals surface area (Å²) in [5, 5.41) is 0. The van der Waals surface area contributed by atoms with Gasteiger partial charge in [0.15, 0.2) is 6.10 Å². The first-order valence-corrected chi connectivity index (χ1v) is 25.3. The van der Waals surface area contributed by atoms with E-state index in [1.54, 1.807) is 39.0 Å². The van der Waals surface area contributed by atoms with Crippen molar-refractivity contribution in [3.05, 3.63) is 108 Å². The minimum Gasteiger partial charge on any atom is -0.494 e. The molecule has 0 aliphatic carbocycles. The molecule has 0 unspecified atom stereocenters. The third-order valence-corrected chi connectivity index (χ3v) is 10.5. The Kier molecular flexibility index (Phi) is 31.2. The number of ether oxygens (including phenoxy) is 9. The van der Waals surface area contributed by atoms with Crippen LogP contribution in [-0.4, -0.2) is 94.8 Å². The monoisotopic (exact) mass is 999 g/mol. The van der Waals surface area contributed by atoms with Crippen LogP contribution in [-0.2, 0) is 57.2 Å². The third-order valence-electron chi connectivity index (χ3n) is 10.5. The van der Waals surface area contributed by atoms with Crippen molar-refractivity contribution in [1.29, 1.82) is 0 Å². The van der Waals surface area contributed by atoms with Crippen LogP contribution >= 0.6 is 0 Å². The minimum absolute atomic E-state index is 0.160. The number of benzene rings is 3. The standard InChI is InChI=1S/C57H74O15/c1-4-64-54(60)37-28-45-22-31-48(32-23-45)67-40-16-10-7-13-19-52(58)70-43-51(72-57(63)21-15-9-12-18-42-69-50-35-26-47(27-36-50)30-39-56(62)66-6-3)44-71-53(59)20-14-8-11-17-41-68-49-33-24-46(25-34-49)29-38-55(61)65-5-2/h22-39,51H,4-21,40-44H2,1-3H3/b37-28+,38-29+,39-30+. The maximum atomic E-state index is 12.9. The summed E-state index contributed by atoms with van der Waals surface area (Å²) in [6.45, 7) is 7.33. The molecule has 0 heterocycles. The van der Waals surface area contributed by atoms with E-state index in [9.17, 15) is 28.8 Å². The molecule has 0 amide bonds. The molecule has 0 saturated heterocycles. The first kappa shape index (κ1) is 59.4. The summed E-state index contributed by atoms with van der Waals surface area (Å²) < 4.78 is 48.8. The molecule has 0 saturated carbocycles. The van der Waals surface area contributed by atoms with E-state index in [0.717, 1.165) is 86.0 Å². The molecule has 0 spiro atoms. The first-order chi connectivity index (χ1) is 35.1. The van der Waals surface area contributed by atoms with Crippen LogP contribution in [0, 0.1) is 0 Å². The van der Waals surface area contributed by atoms with Crippen molar-refractivity contribution < 1.29 is 71.4 Å². The van der Waals surface area contributed by atoms with E-state index in [2.05, 4.69) is 0 Å². The molecule has 0 aliphatic rings. The van der Waals surface area contributed by atoms with Gasteiger partial charge in [-0.1, -0.05) is 74.9 Å². The summed E-state index contributed by atoms with van der Waals surface area (Å²) in [6.07, 6.45) is 17.9. The zero-order valence-corrected chi connectivity index (χ0v) is 42.4. The fourth-order valence-electron chi connectivity index (χ4n) is 6.71. The Morgan fingerprint density at radius 2 is 0.667 bits per heavy atom. The largest absolute Gasteiger partial charge is 0.494 e. The molecule has 0 aromatic heterocycles. The van der Waals surface area contributed by atoms with Crippen LogP contribution in [0.15, 0.2) is 91.0 Å². The zero-order chi connectivity index (χ0) is 51.9. The lowest BCUT2D eigenvalue weighted by Crippen LogP contribution is -2.30. The van der Waals surface area contributed by atoms with E-state index in [1.807, 2.05) is 72.8 Å². The minimum atomic E-state index is -0.939. The number of unbranched alkanes of at least 4 members (excludes halogenated alkanes) is 9. The molecule has 15 nitrogen and oxygen atoms in total. The van der Waals surface area contributed by atoms with Gasteiger partial charge in [0.1, 0.15) is 30.5 Å². The summed E-state index contributed by atoms with van der Waals surface area (Å²) in [4.78, 5) is 72.8. The van der Waals surface area contributed by atoms with E-state index in [-0.39, 0.29) is 44.4 Å². The summed E-state index contributed by atoms with van der Waals surface area (Å²) in [5.41, 5.74) is 2.56. The smallest absolute Gasteiger partial charge is 0.330 e. The molecule has 15 heteroatoms. The molecule has 392 valence electrons. The van der Waals surface area contributed by atoms with Crippen molar-refractivity contribution >= 4 is 54.0 Å². The molecular formula is C57H74O15. The first-order valence-electron chi connectivity index (χ1n) is 25.3. The summed E-state index contributed by atoms with van der Waals surface area (Å²) >= 11 is 0. The van der Waals surface area contributed by atoms with Gasteiger partial charge in [0.05, 0.1) is 39.6 Å². The second kappa shape index (κ2) is 37.9. The lowest BCUT2D eigenvalue weighted by Gasteiger charge is -2.18. The highest BCUT2D eigenvalue weighted by Gasteiger charge is 2.20. The topological polar surface area (TPSA) is 185 Å². The summed E-state index contributed by atoms with van der Waals surface area (Å²) in [7, 11) is 0. The van der Waals surface area contributed by atoms with Crippen molar-refractivity contribution in [2.75, 3.05) is 52.9 Å². The average molecular weight is 999 g/mol. The van der Waals surface area contributed by atoms with E-state index < -0.39 is 30.0 Å². The van der Waals surface area contributed by atoms with Crippen molar-refractivity contribution in [2.24, 2.45) is 0 Å². The number of rotatable bonds is 38. The summed E-state index contributed by atoms with van der Waals surface area (Å²) in [6, 6.07) is 22.2. The van der Waals surface area contributed by atoms with Gasteiger partial charge in [-0.15, -0.1) is 0 Å². The van der Waals surface area contributed by atoms with E-state index in [1.165, 1.54) is 18.2 Å². The average Bonchev–Trinajstić information content (AvgIpc) is 3.38. The lowest BCUT2D eigenvalue weighted by molar-refractivity contribution is -0.167. The van der Waals surface area contributed by atoms with Gasteiger partial charge in [-0.05, 0) is 131 Å². The molecule has 0 aliphatic heterocycles. The Morgan fingerprint density at radius 1 is 0.375 bits per heavy atom. The maximum Gasteiger partial charge on any atom is 0.330 e. The van der Waals surface area contributed by atoms with Crippen molar-refractivity contribution in [3.63, 3.8) is 0 Å². The molecule has 72 heavy (non-hydrogen) atoms. The van der Waals surface area contributed by atoms with Gasteiger partial charge in [0.2, 0.25) is 0 Å². The molecular weight excluding hydrogens is 925 g/mol. The fraction of sp³-hybridized carbons (Fsp3) is 0.474. The number of esters is 6. The van der Waals surface area contributed by atoms with Gasteiger partial charge in [0, 0.05) is 37.5 Å². The Labute approximate surface area is 425 Å². The maximum absolute atomic E-state index is 12.9. The van der Waals surface area contributed by atoms with E-state index >= 15 is 0 Å². The zero-order valence-electron chi connectivity index (χ0n) is 42.4. The molecule has 3 rings (SSSR count). The van der Waals surface area contributed by atoms with Crippen LogP contribution < -0.4 is 14.2 Å². The molecule has 0 fully saturated rings. The molecule has 0 atom stereocenters. The van der Waals surface area contributed by atoms with Gasteiger partial charge < -0.3 is 42.6 Å². The number of hydrogen-bond acceptors (Lipinski definition) is 15. The Morgan fingerprint density at radius 3 is 0.972 bits per heavy atom.